The normalized spacial score (nSPS) is 16.4. The van der Waals surface area contributed by atoms with Gasteiger partial charge >= 0.3 is 0 Å². The Hall–Kier alpha value is -2.23. The summed E-state index contributed by atoms with van der Waals surface area (Å²) < 4.78 is 29.0. The van der Waals surface area contributed by atoms with E-state index in [0.29, 0.717) is 32.5 Å². The minimum atomic E-state index is -3.40. The topological polar surface area (TPSA) is 87.5 Å². The second kappa shape index (κ2) is 8.42. The standard InChI is InChI=1S/C19H27N5O3S/c1-15-20-10-13-24(15)18-6-4-16(5-7-18)14-21-19(25)17-8-11-23(12-9-17)28(26,27)22(2)3/h4-7,10,13,17H,8-9,11-12,14H2,1-3H3,(H,21,25). The lowest BCUT2D eigenvalue weighted by molar-refractivity contribution is -0.126. The van der Waals surface area contributed by atoms with Gasteiger partial charge in [-0.05, 0) is 37.5 Å². The predicted molar refractivity (Wildman–Crippen MR) is 107 cm³/mol. The average molecular weight is 406 g/mol. The number of carbonyl (C=O) groups excluding carboxylic acids is 1. The fourth-order valence-electron chi connectivity index (χ4n) is 3.34. The zero-order valence-corrected chi connectivity index (χ0v) is 17.3. The van der Waals surface area contributed by atoms with Crippen LogP contribution in [0.25, 0.3) is 5.69 Å². The van der Waals surface area contributed by atoms with E-state index >= 15 is 0 Å². The van der Waals surface area contributed by atoms with Gasteiger partial charge in [-0.15, -0.1) is 0 Å². The van der Waals surface area contributed by atoms with Crippen LogP contribution in [0, 0.1) is 12.8 Å². The van der Waals surface area contributed by atoms with Gasteiger partial charge in [0.15, 0.2) is 0 Å². The number of imidazole rings is 1. The van der Waals surface area contributed by atoms with Gasteiger partial charge in [-0.3, -0.25) is 4.79 Å². The monoisotopic (exact) mass is 405 g/mol. The van der Waals surface area contributed by atoms with Crippen LogP contribution in [-0.2, 0) is 21.5 Å². The van der Waals surface area contributed by atoms with Gasteiger partial charge in [-0.1, -0.05) is 12.1 Å². The highest BCUT2D eigenvalue weighted by atomic mass is 32.2. The summed E-state index contributed by atoms with van der Waals surface area (Å²) in [7, 11) is -0.359. The van der Waals surface area contributed by atoms with Crippen LogP contribution in [0.2, 0.25) is 0 Å². The van der Waals surface area contributed by atoms with Crippen molar-refractivity contribution in [1.82, 2.24) is 23.5 Å². The minimum Gasteiger partial charge on any atom is -0.352 e. The molecule has 0 aliphatic carbocycles. The maximum atomic E-state index is 12.5. The van der Waals surface area contributed by atoms with Crippen molar-refractivity contribution in [3.63, 3.8) is 0 Å². The van der Waals surface area contributed by atoms with E-state index in [1.54, 1.807) is 6.20 Å². The average Bonchev–Trinajstić information content (AvgIpc) is 3.12. The van der Waals surface area contributed by atoms with Crippen molar-refractivity contribution in [2.45, 2.75) is 26.3 Å². The van der Waals surface area contributed by atoms with Crippen LogP contribution in [0.3, 0.4) is 0 Å². The molecular weight excluding hydrogens is 378 g/mol. The highest BCUT2D eigenvalue weighted by molar-refractivity contribution is 7.86. The Morgan fingerprint density at radius 2 is 1.86 bits per heavy atom. The third-order valence-corrected chi connectivity index (χ3v) is 7.06. The quantitative estimate of drug-likeness (QED) is 0.785. The van der Waals surface area contributed by atoms with Crippen LogP contribution in [0.1, 0.15) is 24.2 Å². The molecule has 0 atom stereocenters. The number of piperidine rings is 1. The van der Waals surface area contributed by atoms with E-state index in [0.717, 1.165) is 17.1 Å². The molecule has 28 heavy (non-hydrogen) atoms. The molecule has 1 aliphatic heterocycles. The fraction of sp³-hybridized carbons (Fsp3) is 0.474. The van der Waals surface area contributed by atoms with Crippen molar-refractivity contribution < 1.29 is 13.2 Å². The smallest absolute Gasteiger partial charge is 0.281 e. The molecule has 0 radical (unpaired) electrons. The lowest BCUT2D eigenvalue weighted by Crippen LogP contribution is -2.46. The first-order valence-electron chi connectivity index (χ1n) is 9.33. The van der Waals surface area contributed by atoms with Crippen LogP contribution >= 0.6 is 0 Å². The third-order valence-electron chi connectivity index (χ3n) is 5.12. The van der Waals surface area contributed by atoms with Crippen molar-refractivity contribution in [2.75, 3.05) is 27.2 Å². The SMILES string of the molecule is Cc1nccn1-c1ccc(CNC(=O)C2CCN(S(=O)(=O)N(C)C)CC2)cc1. The summed E-state index contributed by atoms with van der Waals surface area (Å²) in [4.78, 5) is 16.7. The van der Waals surface area contributed by atoms with Gasteiger partial charge in [0.2, 0.25) is 5.91 Å². The maximum absolute atomic E-state index is 12.5. The molecule has 9 heteroatoms. The van der Waals surface area contributed by atoms with E-state index in [1.165, 1.54) is 22.7 Å². The molecule has 2 heterocycles. The Morgan fingerprint density at radius 1 is 1.21 bits per heavy atom. The summed E-state index contributed by atoms with van der Waals surface area (Å²) in [6.07, 6.45) is 4.75. The number of aryl methyl sites for hydroxylation is 1. The van der Waals surface area contributed by atoms with Crippen LogP contribution in [0.15, 0.2) is 36.7 Å². The molecule has 1 aromatic carbocycles. The van der Waals surface area contributed by atoms with E-state index in [4.69, 9.17) is 0 Å². The first-order chi connectivity index (χ1) is 13.3. The van der Waals surface area contributed by atoms with Crippen molar-refractivity contribution in [3.8, 4) is 5.69 Å². The molecule has 152 valence electrons. The summed E-state index contributed by atoms with van der Waals surface area (Å²) in [6, 6.07) is 7.98. The van der Waals surface area contributed by atoms with Gasteiger partial charge in [-0.25, -0.2) is 4.98 Å². The predicted octanol–water partition coefficient (Wildman–Crippen LogP) is 1.32. The van der Waals surface area contributed by atoms with Crippen LogP contribution in [0.4, 0.5) is 0 Å². The molecule has 1 aromatic heterocycles. The summed E-state index contributed by atoms with van der Waals surface area (Å²) in [6.45, 7) is 3.15. The molecule has 1 amide bonds. The third kappa shape index (κ3) is 4.43. The van der Waals surface area contributed by atoms with Gasteiger partial charge in [0.1, 0.15) is 5.82 Å². The number of nitrogens with one attached hydrogen (secondary N) is 1. The number of hydrogen-bond donors (Lipinski definition) is 1. The zero-order valence-electron chi connectivity index (χ0n) is 16.5. The van der Waals surface area contributed by atoms with E-state index in [9.17, 15) is 13.2 Å². The number of nitrogens with zero attached hydrogens (tertiary/aromatic N) is 4. The van der Waals surface area contributed by atoms with E-state index in [2.05, 4.69) is 10.3 Å². The molecule has 1 fully saturated rings. The highest BCUT2D eigenvalue weighted by Gasteiger charge is 2.32. The molecule has 1 saturated heterocycles. The number of hydrogen-bond acceptors (Lipinski definition) is 4. The molecule has 0 spiro atoms. The van der Waals surface area contributed by atoms with E-state index in [-0.39, 0.29) is 11.8 Å². The van der Waals surface area contributed by atoms with Crippen LogP contribution < -0.4 is 5.32 Å². The molecular formula is C19H27N5O3S. The van der Waals surface area contributed by atoms with Gasteiger partial charge in [-0.2, -0.15) is 17.0 Å². The highest BCUT2D eigenvalue weighted by Crippen LogP contribution is 2.21. The van der Waals surface area contributed by atoms with Crippen molar-refractivity contribution in [1.29, 1.82) is 0 Å². The van der Waals surface area contributed by atoms with Crippen molar-refractivity contribution >= 4 is 16.1 Å². The second-order valence-corrected chi connectivity index (χ2v) is 9.33. The first kappa shape index (κ1) is 20.5. The maximum Gasteiger partial charge on any atom is 0.281 e. The minimum absolute atomic E-state index is 0.0172. The summed E-state index contributed by atoms with van der Waals surface area (Å²) in [5, 5.41) is 2.97. The fourth-order valence-corrected chi connectivity index (χ4v) is 4.47. The Kier molecular flexibility index (Phi) is 6.17. The lowest BCUT2D eigenvalue weighted by Gasteiger charge is -2.32. The Labute approximate surface area is 166 Å². The molecule has 1 aliphatic rings. The Balaban J connectivity index is 1.50. The number of benzene rings is 1. The second-order valence-electron chi connectivity index (χ2n) is 7.19. The van der Waals surface area contributed by atoms with E-state index < -0.39 is 10.2 Å². The molecule has 3 rings (SSSR count). The Morgan fingerprint density at radius 3 is 2.39 bits per heavy atom. The first-order valence-corrected chi connectivity index (χ1v) is 10.7. The van der Waals surface area contributed by atoms with Gasteiger partial charge in [0.05, 0.1) is 0 Å². The number of carbonyl (C=O) groups is 1. The van der Waals surface area contributed by atoms with Crippen LogP contribution in [-0.4, -0.2) is 59.7 Å². The number of amides is 1. The summed E-state index contributed by atoms with van der Waals surface area (Å²) in [5.41, 5.74) is 2.04. The summed E-state index contributed by atoms with van der Waals surface area (Å²) in [5.74, 6) is 0.751. The molecule has 0 unspecified atom stereocenters. The molecule has 1 N–H and O–H groups in total. The largest absolute Gasteiger partial charge is 0.352 e. The number of rotatable bonds is 6. The molecule has 2 aromatic rings. The summed E-state index contributed by atoms with van der Waals surface area (Å²) >= 11 is 0. The lowest BCUT2D eigenvalue weighted by atomic mass is 9.97. The van der Waals surface area contributed by atoms with Crippen molar-refractivity contribution in [2.24, 2.45) is 5.92 Å². The van der Waals surface area contributed by atoms with Gasteiger partial charge in [0.25, 0.3) is 10.2 Å². The van der Waals surface area contributed by atoms with Gasteiger partial charge in [0, 0.05) is 57.7 Å². The van der Waals surface area contributed by atoms with Crippen LogP contribution in [0.5, 0.6) is 0 Å². The molecule has 8 nitrogen and oxygen atoms in total. The molecule has 0 bridgehead atoms. The zero-order chi connectivity index (χ0) is 20.3. The number of aromatic nitrogens is 2. The van der Waals surface area contributed by atoms with Crippen molar-refractivity contribution in [3.05, 3.63) is 48.0 Å². The molecule has 0 saturated carbocycles. The van der Waals surface area contributed by atoms with E-state index in [1.807, 2.05) is 42.0 Å². The Bertz CT molecular complexity index is 913. The van der Waals surface area contributed by atoms with Gasteiger partial charge < -0.3 is 9.88 Å².